The summed E-state index contributed by atoms with van der Waals surface area (Å²) in [5.74, 6) is -1.63. The van der Waals surface area contributed by atoms with Crippen molar-refractivity contribution < 1.29 is 52.2 Å². The van der Waals surface area contributed by atoms with Gasteiger partial charge in [0.15, 0.2) is 6.10 Å². The number of carbonyl (C=O) groups is 3. The summed E-state index contributed by atoms with van der Waals surface area (Å²) in [7, 11) is -4.78. The third-order valence-corrected chi connectivity index (χ3v) is 12.3. The molecular weight excluding hydrogens is 952 g/mol. The molecule has 0 aromatic carbocycles. The Bertz CT molecular complexity index is 1700. The molecule has 0 amide bonds. The molecule has 0 fully saturated rings. The summed E-state index contributed by atoms with van der Waals surface area (Å²) < 4.78 is 39.4. The standard InChI is InChI=1S/C62H101O11P/c1-4-7-10-13-16-19-22-25-27-28-29-30-32-35-38-41-44-47-50-53-62(66)73-59(55-69-60(64)51-48-45-42-39-36-34-31-26-23-20-17-14-11-8-5-2)57-71-74(67,68)70-56-58(54-63)72-61(65)52-49-46-43-40-37-33-24-21-18-15-12-9-6-3/h7-8,10-11,16-17,19-20,25-27,29-31,35-36,38-39,44,47,58-59,63H,4-6,9,12-15,18,21-24,28,32-34,37,40-43,45-46,48-57H2,1-3H3,(H,67,68)/b10-7-,11-8-,19-16-,20-17-,27-25-,30-29-,31-26-,38-35-,39-36-,47-44-. The first kappa shape index (κ1) is 69.9. The molecule has 0 aromatic heterocycles. The smallest absolute Gasteiger partial charge is 0.462 e. The number of rotatable bonds is 51. The Hall–Kier alpha value is -4.12. The van der Waals surface area contributed by atoms with Gasteiger partial charge in [-0.25, -0.2) is 4.57 Å². The molecule has 0 aromatic rings. The van der Waals surface area contributed by atoms with Gasteiger partial charge in [-0.1, -0.05) is 219 Å². The molecule has 11 nitrogen and oxygen atoms in total. The van der Waals surface area contributed by atoms with Crippen LogP contribution in [0.15, 0.2) is 122 Å². The fraction of sp³-hybridized carbons (Fsp3) is 0.629. The van der Waals surface area contributed by atoms with Gasteiger partial charge < -0.3 is 24.2 Å². The van der Waals surface area contributed by atoms with Gasteiger partial charge in [-0.15, -0.1) is 0 Å². The number of allylic oxidation sites excluding steroid dienone is 20. The maximum atomic E-state index is 12.9. The highest BCUT2D eigenvalue weighted by molar-refractivity contribution is 7.47. The number of unbranched alkanes of at least 4 members (excludes halogenated alkanes) is 14. The lowest BCUT2D eigenvalue weighted by atomic mass is 10.0. The highest BCUT2D eigenvalue weighted by Crippen LogP contribution is 2.43. The molecule has 0 heterocycles. The normalized spacial score (nSPS) is 14.3. The predicted molar refractivity (Wildman–Crippen MR) is 306 cm³/mol. The molecule has 3 unspecified atom stereocenters. The van der Waals surface area contributed by atoms with Crippen molar-refractivity contribution in [2.24, 2.45) is 0 Å². The molecule has 0 rings (SSSR count). The minimum absolute atomic E-state index is 0.0278. The van der Waals surface area contributed by atoms with Crippen molar-refractivity contribution in [2.45, 2.75) is 226 Å². The molecule has 0 aliphatic carbocycles. The fourth-order valence-corrected chi connectivity index (χ4v) is 7.92. The third kappa shape index (κ3) is 52.7. The predicted octanol–water partition coefficient (Wildman–Crippen LogP) is 16.8. The van der Waals surface area contributed by atoms with Crippen LogP contribution < -0.4 is 0 Å². The van der Waals surface area contributed by atoms with Gasteiger partial charge in [-0.05, 0) is 96.3 Å². The molecular formula is C62H101O11P. The van der Waals surface area contributed by atoms with Crippen molar-refractivity contribution in [1.29, 1.82) is 0 Å². The second kappa shape index (κ2) is 55.1. The van der Waals surface area contributed by atoms with Crippen molar-refractivity contribution in [2.75, 3.05) is 26.4 Å². The van der Waals surface area contributed by atoms with Gasteiger partial charge in [0.05, 0.1) is 19.8 Å². The average molecular weight is 1050 g/mol. The van der Waals surface area contributed by atoms with Crippen LogP contribution in [0.25, 0.3) is 0 Å². The van der Waals surface area contributed by atoms with E-state index in [-0.39, 0.29) is 19.3 Å². The molecule has 0 spiro atoms. The number of ether oxygens (including phenoxy) is 3. The first-order valence-electron chi connectivity index (χ1n) is 28.4. The monoisotopic (exact) mass is 1050 g/mol. The zero-order valence-electron chi connectivity index (χ0n) is 46.3. The maximum Gasteiger partial charge on any atom is 0.472 e. The summed E-state index contributed by atoms with van der Waals surface area (Å²) in [5.41, 5.74) is 0. The van der Waals surface area contributed by atoms with Crippen molar-refractivity contribution in [3.05, 3.63) is 122 Å². The Morgan fingerprint density at radius 2 is 0.730 bits per heavy atom. The number of aliphatic hydroxyl groups is 1. The molecule has 0 saturated heterocycles. The molecule has 420 valence electrons. The van der Waals surface area contributed by atoms with Crippen LogP contribution >= 0.6 is 7.82 Å². The van der Waals surface area contributed by atoms with Crippen LogP contribution in [0.1, 0.15) is 213 Å². The first-order chi connectivity index (χ1) is 36.2. The summed E-state index contributed by atoms with van der Waals surface area (Å²) in [6.45, 7) is 4.27. The Morgan fingerprint density at radius 3 is 1.16 bits per heavy atom. The van der Waals surface area contributed by atoms with E-state index in [0.29, 0.717) is 25.7 Å². The molecule has 0 aliphatic heterocycles. The van der Waals surface area contributed by atoms with E-state index in [1.807, 2.05) is 12.2 Å². The number of carbonyl (C=O) groups excluding carboxylic acids is 3. The van der Waals surface area contributed by atoms with Crippen LogP contribution in [0.2, 0.25) is 0 Å². The van der Waals surface area contributed by atoms with Crippen LogP contribution in [0.5, 0.6) is 0 Å². The zero-order chi connectivity index (χ0) is 54.1. The van der Waals surface area contributed by atoms with Crippen molar-refractivity contribution in [3.8, 4) is 0 Å². The van der Waals surface area contributed by atoms with E-state index in [1.165, 1.54) is 57.8 Å². The van der Waals surface area contributed by atoms with Gasteiger partial charge in [-0.2, -0.15) is 0 Å². The fourth-order valence-electron chi connectivity index (χ4n) is 7.14. The van der Waals surface area contributed by atoms with Crippen LogP contribution in [-0.4, -0.2) is 66.5 Å². The summed E-state index contributed by atoms with van der Waals surface area (Å²) >= 11 is 0. The van der Waals surface area contributed by atoms with E-state index in [4.69, 9.17) is 23.3 Å². The largest absolute Gasteiger partial charge is 0.472 e. The highest BCUT2D eigenvalue weighted by atomic mass is 31.2. The van der Waals surface area contributed by atoms with Crippen LogP contribution in [0.3, 0.4) is 0 Å². The Labute approximate surface area is 449 Å². The summed E-state index contributed by atoms with van der Waals surface area (Å²) in [5, 5.41) is 9.80. The average Bonchev–Trinajstić information content (AvgIpc) is 3.39. The highest BCUT2D eigenvalue weighted by Gasteiger charge is 2.28. The van der Waals surface area contributed by atoms with E-state index < -0.39 is 64.4 Å². The second-order valence-electron chi connectivity index (χ2n) is 18.3. The molecule has 3 atom stereocenters. The lowest BCUT2D eigenvalue weighted by Gasteiger charge is -2.21. The lowest BCUT2D eigenvalue weighted by Crippen LogP contribution is -2.30. The molecule has 74 heavy (non-hydrogen) atoms. The number of aliphatic hydroxyl groups excluding tert-OH is 1. The number of phosphoric acid groups is 1. The van der Waals surface area contributed by atoms with Crippen LogP contribution in [0, 0.1) is 0 Å². The van der Waals surface area contributed by atoms with Crippen molar-refractivity contribution in [3.63, 3.8) is 0 Å². The zero-order valence-corrected chi connectivity index (χ0v) is 47.2. The van der Waals surface area contributed by atoms with Crippen molar-refractivity contribution >= 4 is 25.7 Å². The number of phosphoric ester groups is 1. The first-order valence-corrected chi connectivity index (χ1v) is 29.9. The molecule has 0 aliphatic rings. The van der Waals surface area contributed by atoms with E-state index in [9.17, 15) is 28.9 Å². The maximum absolute atomic E-state index is 12.9. The van der Waals surface area contributed by atoms with Gasteiger partial charge >= 0.3 is 25.7 Å². The number of hydrogen-bond donors (Lipinski definition) is 2. The minimum Gasteiger partial charge on any atom is -0.462 e. The molecule has 0 radical (unpaired) electrons. The van der Waals surface area contributed by atoms with E-state index in [1.54, 1.807) is 0 Å². The van der Waals surface area contributed by atoms with Gasteiger partial charge in [-0.3, -0.25) is 23.4 Å². The van der Waals surface area contributed by atoms with Crippen LogP contribution in [-0.2, 0) is 42.2 Å². The number of esters is 3. The van der Waals surface area contributed by atoms with Gasteiger partial charge in [0, 0.05) is 19.3 Å². The minimum atomic E-state index is -4.78. The molecule has 0 saturated carbocycles. The Morgan fingerprint density at radius 1 is 0.392 bits per heavy atom. The molecule has 2 N–H and O–H groups in total. The summed E-state index contributed by atoms with van der Waals surface area (Å²) in [4.78, 5) is 48.5. The third-order valence-electron chi connectivity index (χ3n) is 11.4. The van der Waals surface area contributed by atoms with E-state index >= 15 is 0 Å². The Kier molecular flexibility index (Phi) is 52.1. The van der Waals surface area contributed by atoms with E-state index in [2.05, 4.69) is 130 Å². The van der Waals surface area contributed by atoms with E-state index in [0.717, 1.165) is 89.9 Å². The SMILES string of the molecule is CC/C=C\C/C=C\C/C=C\C/C=C\C/C=C\C/C=C\CCC(=O)OC(COC(=O)CCCC/C=C\C/C=C\C/C=C\C/C=C\CC)COP(=O)(O)OCC(CO)OC(=O)CCCCCCCCCCCCCCC. The quantitative estimate of drug-likeness (QED) is 0.0197. The summed E-state index contributed by atoms with van der Waals surface area (Å²) in [6, 6.07) is 0. The topological polar surface area (TPSA) is 155 Å². The molecule has 0 bridgehead atoms. The lowest BCUT2D eigenvalue weighted by molar-refractivity contribution is -0.161. The molecule has 12 heteroatoms. The van der Waals surface area contributed by atoms with Gasteiger partial charge in [0.1, 0.15) is 12.7 Å². The summed E-state index contributed by atoms with van der Waals surface area (Å²) in [6.07, 6.45) is 67.5. The number of hydrogen-bond acceptors (Lipinski definition) is 10. The second-order valence-corrected chi connectivity index (χ2v) is 19.8. The van der Waals surface area contributed by atoms with Gasteiger partial charge in [0.2, 0.25) is 0 Å². The Balaban J connectivity index is 4.91. The van der Waals surface area contributed by atoms with Crippen molar-refractivity contribution in [1.82, 2.24) is 0 Å². The van der Waals surface area contributed by atoms with Crippen LogP contribution in [0.4, 0.5) is 0 Å². The van der Waals surface area contributed by atoms with Gasteiger partial charge in [0.25, 0.3) is 0 Å².